The Kier molecular flexibility index (Phi) is 7.99. The van der Waals surface area contributed by atoms with Gasteiger partial charge in [-0.15, -0.1) is 24.0 Å². The molecule has 1 aromatic heterocycles. The highest BCUT2D eigenvalue weighted by Crippen LogP contribution is 2.35. The van der Waals surface area contributed by atoms with Crippen LogP contribution in [-0.2, 0) is 6.54 Å². The molecular weight excluding hydrogens is 472 g/mol. The van der Waals surface area contributed by atoms with Crippen LogP contribution in [0.3, 0.4) is 0 Å². The molecule has 2 atom stereocenters. The summed E-state index contributed by atoms with van der Waals surface area (Å²) in [6.07, 6.45) is 2.31. The summed E-state index contributed by atoms with van der Waals surface area (Å²) in [6, 6.07) is 3.28. The van der Waals surface area contributed by atoms with Crippen molar-refractivity contribution in [3.8, 4) is 5.88 Å². The molecule has 0 spiro atoms. The zero-order valence-electron chi connectivity index (χ0n) is 15.3. The molecular formula is C18H26F3IN4O. The minimum absolute atomic E-state index is 0. The molecule has 9 heteroatoms. The summed E-state index contributed by atoms with van der Waals surface area (Å²) in [5, 5.41) is 3.31. The Morgan fingerprint density at radius 1 is 1.30 bits per heavy atom. The number of guanidine groups is 1. The fraction of sp³-hybridized carbons (Fsp3) is 0.667. The molecule has 0 aromatic carbocycles. The number of nitrogens with one attached hydrogen (secondary N) is 1. The van der Waals surface area contributed by atoms with Gasteiger partial charge in [-0.1, -0.05) is 12.8 Å². The maximum atomic E-state index is 12.3. The molecule has 2 fully saturated rings. The van der Waals surface area contributed by atoms with Gasteiger partial charge in [0.25, 0.3) is 0 Å². The number of halogens is 4. The van der Waals surface area contributed by atoms with E-state index >= 15 is 0 Å². The Bertz CT molecular complexity index is 627. The predicted molar refractivity (Wildman–Crippen MR) is 108 cm³/mol. The maximum Gasteiger partial charge on any atom is 0.422 e. The number of alkyl halides is 3. The average molecular weight is 498 g/mol. The van der Waals surface area contributed by atoms with Crippen molar-refractivity contribution >= 4 is 29.9 Å². The van der Waals surface area contributed by atoms with Crippen LogP contribution in [0.2, 0.25) is 0 Å². The topological polar surface area (TPSA) is 49.8 Å². The zero-order valence-corrected chi connectivity index (χ0v) is 17.7. The Labute approximate surface area is 174 Å². The summed E-state index contributed by atoms with van der Waals surface area (Å²) in [7, 11) is 1.76. The third kappa shape index (κ3) is 6.39. The van der Waals surface area contributed by atoms with E-state index in [2.05, 4.69) is 20.2 Å². The van der Waals surface area contributed by atoms with Crippen LogP contribution in [0.4, 0.5) is 13.2 Å². The van der Waals surface area contributed by atoms with E-state index in [0.717, 1.165) is 36.4 Å². The van der Waals surface area contributed by atoms with Crippen LogP contribution in [0, 0.1) is 11.8 Å². The summed E-state index contributed by atoms with van der Waals surface area (Å²) < 4.78 is 41.5. The lowest BCUT2D eigenvalue weighted by Crippen LogP contribution is -2.39. The first-order valence-electron chi connectivity index (χ1n) is 9.04. The summed E-state index contributed by atoms with van der Waals surface area (Å²) in [5.74, 6) is 2.33. The van der Waals surface area contributed by atoms with E-state index in [1.165, 1.54) is 37.9 Å². The summed E-state index contributed by atoms with van der Waals surface area (Å²) in [4.78, 5) is 10.5. The van der Waals surface area contributed by atoms with Crippen molar-refractivity contribution in [1.82, 2.24) is 15.2 Å². The van der Waals surface area contributed by atoms with E-state index < -0.39 is 12.8 Å². The van der Waals surface area contributed by atoms with E-state index in [1.54, 1.807) is 13.1 Å². The highest BCUT2D eigenvalue weighted by atomic mass is 127. The quantitative estimate of drug-likeness (QED) is 0.390. The van der Waals surface area contributed by atoms with Crippen LogP contribution in [0.15, 0.2) is 23.3 Å². The molecule has 152 valence electrons. The van der Waals surface area contributed by atoms with Gasteiger partial charge < -0.3 is 15.0 Å². The van der Waals surface area contributed by atoms with Crippen LogP contribution in [0.25, 0.3) is 0 Å². The largest absolute Gasteiger partial charge is 0.468 e. The summed E-state index contributed by atoms with van der Waals surface area (Å²) in [5.41, 5.74) is 0.801. The molecule has 3 rings (SSSR count). The number of fused-ring (bicyclic) bond motifs is 1. The third-order valence-corrected chi connectivity index (χ3v) is 5.12. The zero-order chi connectivity index (χ0) is 18.6. The molecule has 0 amide bonds. The fourth-order valence-corrected chi connectivity index (χ4v) is 3.89. The molecule has 1 saturated heterocycles. The van der Waals surface area contributed by atoms with Gasteiger partial charge in [0, 0.05) is 38.9 Å². The second kappa shape index (κ2) is 9.79. The second-order valence-electron chi connectivity index (χ2n) is 7.02. The number of ether oxygens (including phenoxy) is 1. The smallest absolute Gasteiger partial charge is 0.422 e. The fourth-order valence-electron chi connectivity index (χ4n) is 3.89. The van der Waals surface area contributed by atoms with Crippen molar-refractivity contribution in [3.05, 3.63) is 23.9 Å². The van der Waals surface area contributed by atoms with E-state index in [4.69, 9.17) is 4.74 Å². The van der Waals surface area contributed by atoms with Crippen LogP contribution in [0.1, 0.15) is 31.2 Å². The van der Waals surface area contributed by atoms with Crippen LogP contribution in [0.5, 0.6) is 5.88 Å². The number of nitrogens with zero attached hydrogens (tertiary/aromatic N) is 3. The first-order valence-corrected chi connectivity index (χ1v) is 9.04. The lowest BCUT2D eigenvalue weighted by Gasteiger charge is -2.22. The lowest BCUT2D eigenvalue weighted by molar-refractivity contribution is -0.154. The summed E-state index contributed by atoms with van der Waals surface area (Å²) in [6.45, 7) is 1.18. The molecule has 5 nitrogen and oxygen atoms in total. The number of hydrogen-bond acceptors (Lipinski definition) is 3. The first-order chi connectivity index (χ1) is 12.4. The van der Waals surface area contributed by atoms with Gasteiger partial charge in [0.1, 0.15) is 0 Å². The van der Waals surface area contributed by atoms with Crippen molar-refractivity contribution < 1.29 is 17.9 Å². The van der Waals surface area contributed by atoms with Gasteiger partial charge in [0.05, 0.1) is 0 Å². The van der Waals surface area contributed by atoms with E-state index in [1.807, 2.05) is 0 Å². The van der Waals surface area contributed by atoms with Crippen LogP contribution < -0.4 is 10.1 Å². The molecule has 1 saturated carbocycles. The van der Waals surface area contributed by atoms with E-state index in [9.17, 15) is 13.2 Å². The molecule has 2 unspecified atom stereocenters. The van der Waals surface area contributed by atoms with Crippen molar-refractivity contribution in [2.45, 2.75) is 38.4 Å². The lowest BCUT2D eigenvalue weighted by atomic mass is 9.82. The average Bonchev–Trinajstić information content (AvgIpc) is 3.04. The molecule has 0 bridgehead atoms. The minimum atomic E-state index is -4.37. The number of hydrogen-bond donors (Lipinski definition) is 1. The molecule has 0 radical (unpaired) electrons. The SMILES string of the molecule is CN=C(NCc1ccnc(OCC(F)(F)F)c1)N1CC2CCCCC2C1.I. The normalized spacial score (nSPS) is 22.8. The van der Waals surface area contributed by atoms with Crippen molar-refractivity contribution in [2.24, 2.45) is 16.8 Å². The van der Waals surface area contributed by atoms with Gasteiger partial charge in [0.15, 0.2) is 12.6 Å². The molecule has 1 N–H and O–H groups in total. The Balaban J connectivity index is 0.00000261. The van der Waals surface area contributed by atoms with Crippen LogP contribution >= 0.6 is 24.0 Å². The number of likely N-dealkylation sites (tertiary alicyclic amines) is 1. The Morgan fingerprint density at radius 2 is 1.96 bits per heavy atom. The van der Waals surface area contributed by atoms with Gasteiger partial charge in [-0.25, -0.2) is 4.98 Å². The van der Waals surface area contributed by atoms with Crippen molar-refractivity contribution in [2.75, 3.05) is 26.7 Å². The molecule has 1 aliphatic carbocycles. The van der Waals surface area contributed by atoms with Gasteiger partial charge in [0.2, 0.25) is 5.88 Å². The molecule has 1 aliphatic heterocycles. The maximum absolute atomic E-state index is 12.3. The number of aromatic nitrogens is 1. The Morgan fingerprint density at radius 3 is 2.56 bits per heavy atom. The molecule has 1 aromatic rings. The highest BCUT2D eigenvalue weighted by Gasteiger charge is 2.35. The second-order valence-corrected chi connectivity index (χ2v) is 7.02. The summed E-state index contributed by atoms with van der Waals surface area (Å²) >= 11 is 0. The van der Waals surface area contributed by atoms with E-state index in [-0.39, 0.29) is 29.9 Å². The van der Waals surface area contributed by atoms with Gasteiger partial charge in [-0.05, 0) is 36.3 Å². The van der Waals surface area contributed by atoms with Gasteiger partial charge in [-0.3, -0.25) is 4.99 Å². The number of aliphatic imine (C=N–C) groups is 1. The molecule has 2 aliphatic rings. The third-order valence-electron chi connectivity index (χ3n) is 5.12. The van der Waals surface area contributed by atoms with Gasteiger partial charge >= 0.3 is 6.18 Å². The van der Waals surface area contributed by atoms with Crippen molar-refractivity contribution in [3.63, 3.8) is 0 Å². The highest BCUT2D eigenvalue weighted by molar-refractivity contribution is 14.0. The Hall–Kier alpha value is -1.26. The number of pyridine rings is 1. The first kappa shape index (κ1) is 22.0. The predicted octanol–water partition coefficient (Wildman–Crippen LogP) is 3.84. The number of rotatable bonds is 4. The van der Waals surface area contributed by atoms with E-state index in [0.29, 0.717) is 6.54 Å². The van der Waals surface area contributed by atoms with Gasteiger partial charge in [-0.2, -0.15) is 13.2 Å². The molecule has 27 heavy (non-hydrogen) atoms. The molecule has 2 heterocycles. The standard InChI is InChI=1S/C18H25F3N4O.HI/c1-22-17(25-10-14-4-2-3-5-15(14)11-25)24-9-13-6-7-23-16(8-13)26-12-18(19,20)21;/h6-8,14-15H,2-5,9-12H2,1H3,(H,22,24);1H. The van der Waals surface area contributed by atoms with Crippen molar-refractivity contribution in [1.29, 1.82) is 0 Å². The monoisotopic (exact) mass is 498 g/mol. The minimum Gasteiger partial charge on any atom is -0.468 e. The van der Waals surface area contributed by atoms with Crippen LogP contribution in [-0.4, -0.2) is 48.8 Å².